The lowest BCUT2D eigenvalue weighted by Crippen LogP contribution is -2.25. The quantitative estimate of drug-likeness (QED) is 0.692. The van der Waals surface area contributed by atoms with Crippen molar-refractivity contribution >= 4 is 18.2 Å². The number of hydrogen-bond acceptors (Lipinski definition) is 3. The van der Waals surface area contributed by atoms with Gasteiger partial charge < -0.3 is 4.90 Å². The van der Waals surface area contributed by atoms with Crippen LogP contribution in [0.5, 0.6) is 0 Å². The maximum Gasteiger partial charge on any atom is 0.226 e. The summed E-state index contributed by atoms with van der Waals surface area (Å²) in [7, 11) is 0. The van der Waals surface area contributed by atoms with Crippen molar-refractivity contribution in [3.63, 3.8) is 0 Å². The van der Waals surface area contributed by atoms with Crippen molar-refractivity contribution in [2.75, 3.05) is 4.90 Å². The Kier molecular flexibility index (Phi) is 4.88. The smallest absolute Gasteiger partial charge is 0.226 e. The van der Waals surface area contributed by atoms with E-state index in [1.54, 1.807) is 0 Å². The van der Waals surface area contributed by atoms with E-state index in [0.29, 0.717) is 4.77 Å². The van der Waals surface area contributed by atoms with Crippen LogP contribution in [0.15, 0.2) is 60.7 Å². The van der Waals surface area contributed by atoms with Crippen molar-refractivity contribution in [2.45, 2.75) is 26.6 Å². The van der Waals surface area contributed by atoms with E-state index in [1.165, 1.54) is 11.1 Å². The van der Waals surface area contributed by atoms with Gasteiger partial charge in [0, 0.05) is 19.6 Å². The van der Waals surface area contributed by atoms with E-state index in [9.17, 15) is 0 Å². The van der Waals surface area contributed by atoms with E-state index >= 15 is 0 Å². The zero-order valence-electron chi connectivity index (χ0n) is 13.1. The Morgan fingerprint density at radius 1 is 0.957 bits per heavy atom. The SMILES string of the molecule is CCn1c(N(Cc2ccccc2)Cc2ccccc2)n[nH]c1=S. The molecule has 0 fully saturated rings. The lowest BCUT2D eigenvalue weighted by atomic mass is 10.2. The fourth-order valence-corrected chi connectivity index (χ4v) is 2.90. The third kappa shape index (κ3) is 3.68. The topological polar surface area (TPSA) is 36.9 Å². The third-order valence-corrected chi connectivity index (χ3v) is 4.08. The highest BCUT2D eigenvalue weighted by molar-refractivity contribution is 7.71. The number of H-pyrrole nitrogens is 1. The predicted molar refractivity (Wildman–Crippen MR) is 95.9 cm³/mol. The summed E-state index contributed by atoms with van der Waals surface area (Å²) in [6.45, 7) is 4.45. The van der Waals surface area contributed by atoms with Crippen LogP contribution in [-0.2, 0) is 19.6 Å². The van der Waals surface area contributed by atoms with E-state index in [0.717, 1.165) is 25.6 Å². The van der Waals surface area contributed by atoms with E-state index in [4.69, 9.17) is 12.2 Å². The number of aromatic amines is 1. The molecule has 0 amide bonds. The molecule has 0 aliphatic carbocycles. The molecule has 0 spiro atoms. The molecule has 0 aliphatic rings. The fourth-order valence-electron chi connectivity index (χ4n) is 2.64. The summed E-state index contributed by atoms with van der Waals surface area (Å²) in [4.78, 5) is 2.25. The summed E-state index contributed by atoms with van der Waals surface area (Å²) >= 11 is 5.34. The van der Waals surface area contributed by atoms with Gasteiger partial charge >= 0.3 is 0 Å². The minimum absolute atomic E-state index is 0.661. The molecular formula is C18H20N4S. The van der Waals surface area contributed by atoms with Gasteiger partial charge in [-0.2, -0.15) is 0 Å². The molecule has 0 radical (unpaired) electrons. The number of benzene rings is 2. The maximum absolute atomic E-state index is 5.34. The number of hydrogen-bond donors (Lipinski definition) is 1. The molecule has 0 saturated heterocycles. The molecule has 1 heterocycles. The van der Waals surface area contributed by atoms with Crippen molar-refractivity contribution in [1.29, 1.82) is 0 Å². The Labute approximate surface area is 141 Å². The monoisotopic (exact) mass is 324 g/mol. The highest BCUT2D eigenvalue weighted by Gasteiger charge is 2.15. The van der Waals surface area contributed by atoms with Crippen molar-refractivity contribution in [3.05, 3.63) is 76.6 Å². The first-order chi connectivity index (χ1) is 11.3. The highest BCUT2D eigenvalue weighted by Crippen LogP contribution is 2.18. The molecule has 0 bridgehead atoms. The summed E-state index contributed by atoms with van der Waals surface area (Å²) in [5.74, 6) is 0.880. The van der Waals surface area contributed by atoms with Crippen LogP contribution >= 0.6 is 12.2 Å². The minimum atomic E-state index is 0.661. The van der Waals surface area contributed by atoms with Gasteiger partial charge in [-0.3, -0.25) is 4.57 Å². The van der Waals surface area contributed by atoms with Gasteiger partial charge in [0.1, 0.15) is 0 Å². The molecule has 1 N–H and O–H groups in total. The van der Waals surface area contributed by atoms with Crippen LogP contribution in [0.3, 0.4) is 0 Å². The normalized spacial score (nSPS) is 10.7. The molecule has 1 aromatic heterocycles. The molecule has 3 rings (SSSR count). The summed E-state index contributed by atoms with van der Waals surface area (Å²) in [5, 5.41) is 7.37. The number of aromatic nitrogens is 3. The number of nitrogens with one attached hydrogen (secondary N) is 1. The van der Waals surface area contributed by atoms with Crippen molar-refractivity contribution < 1.29 is 0 Å². The van der Waals surface area contributed by atoms with E-state index < -0.39 is 0 Å². The lowest BCUT2D eigenvalue weighted by Gasteiger charge is -2.24. The Morgan fingerprint density at radius 3 is 1.96 bits per heavy atom. The second-order valence-electron chi connectivity index (χ2n) is 5.40. The van der Waals surface area contributed by atoms with Gasteiger partial charge in [-0.1, -0.05) is 60.7 Å². The van der Waals surface area contributed by atoms with E-state index in [-0.39, 0.29) is 0 Å². The van der Waals surface area contributed by atoms with Gasteiger partial charge in [-0.25, -0.2) is 5.10 Å². The molecule has 2 aromatic carbocycles. The van der Waals surface area contributed by atoms with Crippen LogP contribution < -0.4 is 4.90 Å². The molecule has 0 saturated carbocycles. The zero-order chi connectivity index (χ0) is 16.1. The third-order valence-electron chi connectivity index (χ3n) is 3.77. The van der Waals surface area contributed by atoms with Crippen LogP contribution in [-0.4, -0.2) is 14.8 Å². The fraction of sp³-hybridized carbons (Fsp3) is 0.222. The Bertz CT molecular complexity index is 751. The molecule has 4 nitrogen and oxygen atoms in total. The summed E-state index contributed by atoms with van der Waals surface area (Å²) < 4.78 is 2.69. The Balaban J connectivity index is 1.94. The summed E-state index contributed by atoms with van der Waals surface area (Å²) in [6.07, 6.45) is 0. The number of anilines is 1. The van der Waals surface area contributed by atoms with Crippen LogP contribution in [0.4, 0.5) is 5.95 Å². The predicted octanol–water partition coefficient (Wildman–Crippen LogP) is 4.17. The largest absolute Gasteiger partial charge is 0.332 e. The zero-order valence-corrected chi connectivity index (χ0v) is 14.0. The Hall–Kier alpha value is -2.40. The average Bonchev–Trinajstić information content (AvgIpc) is 2.97. The summed E-state index contributed by atoms with van der Waals surface area (Å²) in [6, 6.07) is 20.9. The first-order valence-corrected chi connectivity index (χ1v) is 8.16. The molecule has 118 valence electrons. The standard InChI is InChI=1S/C18H20N4S/c1-2-22-17(19-20-18(22)23)21(13-15-9-5-3-6-10-15)14-16-11-7-4-8-12-16/h3-12H,2,13-14H2,1H3,(H,20,23). The molecule has 0 atom stereocenters. The molecule has 23 heavy (non-hydrogen) atoms. The first kappa shape index (κ1) is 15.5. The lowest BCUT2D eigenvalue weighted by molar-refractivity contribution is 0.682. The van der Waals surface area contributed by atoms with Gasteiger partial charge in [0.15, 0.2) is 4.77 Å². The van der Waals surface area contributed by atoms with E-state index in [1.807, 2.05) is 16.7 Å². The van der Waals surface area contributed by atoms with Gasteiger partial charge in [0.2, 0.25) is 5.95 Å². The molecule has 0 aliphatic heterocycles. The Morgan fingerprint density at radius 2 is 1.48 bits per heavy atom. The maximum atomic E-state index is 5.34. The second kappa shape index (κ2) is 7.24. The highest BCUT2D eigenvalue weighted by atomic mass is 32.1. The van der Waals surface area contributed by atoms with Crippen molar-refractivity contribution in [1.82, 2.24) is 14.8 Å². The van der Waals surface area contributed by atoms with Crippen molar-refractivity contribution in [3.8, 4) is 0 Å². The van der Waals surface area contributed by atoms with E-state index in [2.05, 4.69) is 70.6 Å². The first-order valence-electron chi connectivity index (χ1n) is 7.76. The number of rotatable bonds is 6. The van der Waals surface area contributed by atoms with Gasteiger partial charge in [0.05, 0.1) is 0 Å². The van der Waals surface area contributed by atoms with Gasteiger partial charge in [-0.15, -0.1) is 5.10 Å². The molecule has 3 aromatic rings. The number of nitrogens with zero attached hydrogens (tertiary/aromatic N) is 3. The van der Waals surface area contributed by atoms with Crippen LogP contribution in [0.25, 0.3) is 0 Å². The van der Waals surface area contributed by atoms with Crippen molar-refractivity contribution in [2.24, 2.45) is 0 Å². The van der Waals surface area contributed by atoms with Gasteiger partial charge in [-0.05, 0) is 30.3 Å². The summed E-state index contributed by atoms with van der Waals surface area (Å²) in [5.41, 5.74) is 2.50. The van der Waals surface area contributed by atoms with Crippen LogP contribution in [0.1, 0.15) is 18.1 Å². The molecular weight excluding hydrogens is 304 g/mol. The second-order valence-corrected chi connectivity index (χ2v) is 5.79. The average molecular weight is 324 g/mol. The van der Waals surface area contributed by atoms with Crippen LogP contribution in [0, 0.1) is 4.77 Å². The molecule has 5 heteroatoms. The van der Waals surface area contributed by atoms with Gasteiger partial charge in [0.25, 0.3) is 0 Å². The minimum Gasteiger partial charge on any atom is -0.332 e. The molecule has 0 unspecified atom stereocenters. The van der Waals surface area contributed by atoms with Crippen LogP contribution in [0.2, 0.25) is 0 Å².